The number of aliphatic hydroxyl groups is 1. The van der Waals surface area contributed by atoms with E-state index < -0.39 is 5.97 Å². The fraction of sp³-hybridized carbons (Fsp3) is 0.467. The molecule has 0 bridgehead atoms. The predicted molar refractivity (Wildman–Crippen MR) is 79.2 cm³/mol. The molecule has 1 aromatic rings. The third kappa shape index (κ3) is 4.46. The number of carbonyl (C=O) groups is 1. The van der Waals surface area contributed by atoms with Gasteiger partial charge in [0.2, 0.25) is 0 Å². The summed E-state index contributed by atoms with van der Waals surface area (Å²) in [5.74, 6) is -0.161. The van der Waals surface area contributed by atoms with Crippen molar-refractivity contribution < 1.29 is 14.6 Å². The highest BCUT2D eigenvalue weighted by Gasteiger charge is 2.24. The molecule has 0 spiro atoms. The first kappa shape index (κ1) is 15.3. The van der Waals surface area contributed by atoms with E-state index in [0.29, 0.717) is 5.75 Å². The molecule has 0 heterocycles. The number of rotatable bonds is 4. The molecule has 5 N–H and O–H groups in total. The zero-order valence-corrected chi connectivity index (χ0v) is 11.8. The Morgan fingerprint density at radius 2 is 2.00 bits per heavy atom. The van der Waals surface area contributed by atoms with Gasteiger partial charge in [0, 0.05) is 5.92 Å². The molecule has 0 aliphatic heterocycles. The molecule has 0 saturated heterocycles. The van der Waals surface area contributed by atoms with E-state index in [2.05, 4.69) is 5.32 Å². The van der Waals surface area contributed by atoms with Crippen molar-refractivity contribution in [3.8, 4) is 5.75 Å². The second-order valence-electron chi connectivity index (χ2n) is 5.27. The van der Waals surface area contributed by atoms with Crippen LogP contribution in [0.25, 0.3) is 0 Å². The van der Waals surface area contributed by atoms with Crippen LogP contribution in [0, 0.1) is 5.41 Å². The molecule has 1 saturated carbocycles. The normalized spacial score (nSPS) is 21.6. The fourth-order valence-corrected chi connectivity index (χ4v) is 2.62. The Kier molecular flexibility index (Phi) is 5.16. The zero-order chi connectivity index (χ0) is 15.2. The zero-order valence-electron chi connectivity index (χ0n) is 11.8. The van der Waals surface area contributed by atoms with Gasteiger partial charge in [0.05, 0.1) is 6.10 Å². The molecule has 6 nitrogen and oxygen atoms in total. The van der Waals surface area contributed by atoms with Gasteiger partial charge < -0.3 is 20.9 Å². The Hall–Kier alpha value is -2.08. The van der Waals surface area contributed by atoms with Crippen LogP contribution in [0.1, 0.15) is 37.2 Å². The first-order valence-corrected chi connectivity index (χ1v) is 7.13. The Labute approximate surface area is 123 Å². The standard InChI is InChI=1S/C15H21N3O3/c16-15(17)18-9-14(20)21-11-7-5-10(6-8-11)12-3-1-2-4-13(12)19/h5-8,12-13,19H,1-4,9H2,(H4,16,17,18). The van der Waals surface area contributed by atoms with Crippen LogP contribution in [0.4, 0.5) is 0 Å². The molecule has 0 aromatic heterocycles. The maximum absolute atomic E-state index is 11.5. The minimum Gasteiger partial charge on any atom is -0.425 e. The molecule has 2 atom stereocenters. The number of nitrogens with two attached hydrogens (primary N) is 1. The molecule has 114 valence electrons. The molecule has 0 radical (unpaired) electrons. The largest absolute Gasteiger partial charge is 0.425 e. The average molecular weight is 291 g/mol. The lowest BCUT2D eigenvalue weighted by molar-refractivity contribution is -0.133. The van der Waals surface area contributed by atoms with E-state index in [1.54, 1.807) is 12.1 Å². The van der Waals surface area contributed by atoms with Crippen LogP contribution in [-0.2, 0) is 4.79 Å². The second-order valence-corrected chi connectivity index (χ2v) is 5.27. The number of guanidine groups is 1. The first-order valence-electron chi connectivity index (χ1n) is 7.13. The van der Waals surface area contributed by atoms with Crippen LogP contribution >= 0.6 is 0 Å². The third-order valence-electron chi connectivity index (χ3n) is 3.69. The van der Waals surface area contributed by atoms with Crippen LogP contribution < -0.4 is 15.8 Å². The highest BCUT2D eigenvalue weighted by Crippen LogP contribution is 2.33. The van der Waals surface area contributed by atoms with E-state index in [0.717, 1.165) is 31.2 Å². The molecular formula is C15H21N3O3. The van der Waals surface area contributed by atoms with Crippen molar-refractivity contribution in [3.63, 3.8) is 0 Å². The molecule has 1 aromatic carbocycles. The van der Waals surface area contributed by atoms with Gasteiger partial charge in [-0.2, -0.15) is 0 Å². The molecule has 2 unspecified atom stereocenters. The van der Waals surface area contributed by atoms with Gasteiger partial charge in [0.1, 0.15) is 12.3 Å². The maximum Gasteiger partial charge on any atom is 0.330 e. The van der Waals surface area contributed by atoms with Gasteiger partial charge in [-0.25, -0.2) is 4.79 Å². The van der Waals surface area contributed by atoms with Crippen LogP contribution in [-0.4, -0.2) is 29.7 Å². The second kappa shape index (κ2) is 7.08. The monoisotopic (exact) mass is 291 g/mol. The van der Waals surface area contributed by atoms with E-state index in [9.17, 15) is 9.90 Å². The lowest BCUT2D eigenvalue weighted by atomic mass is 9.82. The molecular weight excluding hydrogens is 270 g/mol. The van der Waals surface area contributed by atoms with E-state index >= 15 is 0 Å². The van der Waals surface area contributed by atoms with Crippen molar-refractivity contribution in [2.75, 3.05) is 6.54 Å². The van der Waals surface area contributed by atoms with Crippen LogP contribution in [0.2, 0.25) is 0 Å². The van der Waals surface area contributed by atoms with Gasteiger partial charge in [-0.05, 0) is 30.5 Å². The Balaban J connectivity index is 1.92. The Morgan fingerprint density at radius 1 is 1.33 bits per heavy atom. The summed E-state index contributed by atoms with van der Waals surface area (Å²) in [6, 6.07) is 7.23. The summed E-state index contributed by atoms with van der Waals surface area (Å²) in [4.78, 5) is 11.5. The number of hydrogen-bond acceptors (Lipinski definition) is 4. The van der Waals surface area contributed by atoms with E-state index in [-0.39, 0.29) is 24.5 Å². The number of nitrogens with one attached hydrogen (secondary N) is 2. The van der Waals surface area contributed by atoms with Crippen LogP contribution in [0.5, 0.6) is 5.75 Å². The van der Waals surface area contributed by atoms with Gasteiger partial charge in [-0.15, -0.1) is 0 Å². The van der Waals surface area contributed by atoms with Crippen LogP contribution in [0.15, 0.2) is 24.3 Å². The maximum atomic E-state index is 11.5. The molecule has 1 aliphatic rings. The van der Waals surface area contributed by atoms with Gasteiger partial charge in [0.25, 0.3) is 0 Å². The summed E-state index contributed by atoms with van der Waals surface area (Å²) >= 11 is 0. The van der Waals surface area contributed by atoms with E-state index in [1.807, 2.05) is 12.1 Å². The average Bonchev–Trinajstić information content (AvgIpc) is 2.47. The van der Waals surface area contributed by atoms with Gasteiger partial charge in [-0.3, -0.25) is 5.41 Å². The van der Waals surface area contributed by atoms with Crippen molar-refractivity contribution >= 4 is 11.9 Å². The summed E-state index contributed by atoms with van der Waals surface area (Å²) in [6.45, 7) is -0.140. The molecule has 6 heteroatoms. The molecule has 2 rings (SSSR count). The molecule has 1 aliphatic carbocycles. The van der Waals surface area contributed by atoms with E-state index in [4.69, 9.17) is 15.9 Å². The van der Waals surface area contributed by atoms with Crippen molar-refractivity contribution in [1.82, 2.24) is 5.32 Å². The molecule has 0 amide bonds. The van der Waals surface area contributed by atoms with E-state index in [1.165, 1.54) is 0 Å². The smallest absolute Gasteiger partial charge is 0.330 e. The lowest BCUT2D eigenvalue weighted by Gasteiger charge is -2.27. The van der Waals surface area contributed by atoms with Crippen molar-refractivity contribution in [3.05, 3.63) is 29.8 Å². The Morgan fingerprint density at radius 3 is 2.62 bits per heavy atom. The van der Waals surface area contributed by atoms with Crippen LogP contribution in [0.3, 0.4) is 0 Å². The SMILES string of the molecule is N=C(N)NCC(=O)Oc1ccc(C2CCCCC2O)cc1. The fourth-order valence-electron chi connectivity index (χ4n) is 2.62. The summed E-state index contributed by atoms with van der Waals surface area (Å²) < 4.78 is 5.12. The number of hydrogen-bond donors (Lipinski definition) is 4. The van der Waals surface area contributed by atoms with Crippen molar-refractivity contribution in [2.24, 2.45) is 5.73 Å². The lowest BCUT2D eigenvalue weighted by Crippen LogP contribution is -2.36. The number of esters is 1. The first-order chi connectivity index (χ1) is 10.1. The number of benzene rings is 1. The number of carbonyl (C=O) groups excluding carboxylic acids is 1. The highest BCUT2D eigenvalue weighted by molar-refractivity contribution is 5.82. The van der Waals surface area contributed by atoms with Crippen molar-refractivity contribution in [2.45, 2.75) is 37.7 Å². The van der Waals surface area contributed by atoms with Crippen molar-refractivity contribution in [1.29, 1.82) is 5.41 Å². The predicted octanol–water partition coefficient (Wildman–Crippen LogP) is 1.09. The summed E-state index contributed by atoms with van der Waals surface area (Å²) in [5.41, 5.74) is 6.16. The minimum absolute atomic E-state index is 0.140. The van der Waals surface area contributed by atoms with Gasteiger partial charge in [-0.1, -0.05) is 25.0 Å². The third-order valence-corrected chi connectivity index (χ3v) is 3.69. The number of aliphatic hydroxyl groups excluding tert-OH is 1. The summed E-state index contributed by atoms with van der Waals surface area (Å²) in [5, 5.41) is 19.4. The highest BCUT2D eigenvalue weighted by atomic mass is 16.5. The summed E-state index contributed by atoms with van der Waals surface area (Å²) in [6.07, 6.45) is 3.76. The topological polar surface area (TPSA) is 108 Å². The molecule has 1 fully saturated rings. The van der Waals surface area contributed by atoms with Gasteiger partial charge in [0.15, 0.2) is 5.96 Å². The quantitative estimate of drug-likeness (QED) is 0.287. The van der Waals surface area contributed by atoms with Gasteiger partial charge >= 0.3 is 5.97 Å². The number of ether oxygens (including phenoxy) is 1. The summed E-state index contributed by atoms with van der Waals surface area (Å²) in [7, 11) is 0. The molecule has 21 heavy (non-hydrogen) atoms. The Bertz CT molecular complexity index is 501. The minimum atomic E-state index is -0.504.